The number of hydrogen-bond acceptors (Lipinski definition) is 2. The minimum absolute atomic E-state index is 0.0145. The number of rotatable bonds is 5. The molecule has 1 heterocycles. The first-order valence-corrected chi connectivity index (χ1v) is 6.48. The molecule has 0 fully saturated rings. The molecule has 0 aliphatic rings. The molecule has 0 saturated carbocycles. The zero-order valence-electron chi connectivity index (χ0n) is 11.2. The summed E-state index contributed by atoms with van der Waals surface area (Å²) >= 11 is 0. The van der Waals surface area contributed by atoms with Gasteiger partial charge in [0.25, 0.3) is 0 Å². The minimum atomic E-state index is -0.289. The quantitative estimate of drug-likeness (QED) is 0.774. The fourth-order valence-electron chi connectivity index (χ4n) is 1.99. The number of aromatic nitrogens is 2. The third-order valence-electron chi connectivity index (χ3n) is 3.06. The van der Waals surface area contributed by atoms with Gasteiger partial charge in [-0.2, -0.15) is 5.10 Å². The van der Waals surface area contributed by atoms with E-state index < -0.39 is 0 Å². The molecule has 0 atom stereocenters. The normalized spacial score (nSPS) is 10.7. The first-order valence-electron chi connectivity index (χ1n) is 6.48. The average Bonchev–Trinajstić information content (AvgIpc) is 2.85. The molecule has 0 N–H and O–H groups in total. The largest absolute Gasteiger partial charge is 0.292 e. The van der Waals surface area contributed by atoms with Crippen molar-refractivity contribution in [1.29, 1.82) is 0 Å². The van der Waals surface area contributed by atoms with Crippen molar-refractivity contribution in [3.8, 4) is 0 Å². The maximum absolute atomic E-state index is 12.8. The number of carbonyl (C=O) groups excluding carboxylic acids is 1. The number of nitrogens with zero attached hydrogens (tertiary/aromatic N) is 2. The van der Waals surface area contributed by atoms with Gasteiger partial charge in [0, 0.05) is 13.0 Å². The molecule has 0 aliphatic carbocycles. The molecule has 0 spiro atoms. The molecule has 0 radical (unpaired) electrons. The lowest BCUT2D eigenvalue weighted by Gasteiger charge is -2.04. The second-order valence-corrected chi connectivity index (χ2v) is 4.42. The molecule has 1 aromatic carbocycles. The predicted octanol–water partition coefficient (Wildman–Crippen LogP) is 3.03. The summed E-state index contributed by atoms with van der Waals surface area (Å²) in [6.07, 6.45) is 1.08. The average molecular weight is 260 g/mol. The Morgan fingerprint density at radius 2 is 1.95 bits per heavy atom. The topological polar surface area (TPSA) is 34.9 Å². The van der Waals surface area contributed by atoms with Crippen molar-refractivity contribution in [3.05, 3.63) is 53.1 Å². The van der Waals surface area contributed by atoms with E-state index in [9.17, 15) is 9.18 Å². The van der Waals surface area contributed by atoms with Gasteiger partial charge in [-0.25, -0.2) is 4.39 Å². The second-order valence-electron chi connectivity index (χ2n) is 4.42. The molecular formula is C15H17FN2O. The number of aryl methyl sites for hydroxylation is 2. The van der Waals surface area contributed by atoms with Gasteiger partial charge < -0.3 is 0 Å². The Balaban J connectivity index is 2.19. The molecule has 0 amide bonds. The monoisotopic (exact) mass is 260 g/mol. The molecule has 19 heavy (non-hydrogen) atoms. The van der Waals surface area contributed by atoms with E-state index in [0.717, 1.165) is 17.7 Å². The molecular weight excluding hydrogens is 243 g/mol. The van der Waals surface area contributed by atoms with Crippen LogP contribution in [0.3, 0.4) is 0 Å². The van der Waals surface area contributed by atoms with Gasteiger partial charge in [-0.3, -0.25) is 9.48 Å². The van der Waals surface area contributed by atoms with Crippen molar-refractivity contribution >= 4 is 5.78 Å². The van der Waals surface area contributed by atoms with Crippen LogP contribution in [0.4, 0.5) is 4.39 Å². The van der Waals surface area contributed by atoms with E-state index in [1.807, 2.05) is 19.9 Å². The highest BCUT2D eigenvalue weighted by Crippen LogP contribution is 2.11. The van der Waals surface area contributed by atoms with Crippen LogP contribution >= 0.6 is 0 Å². The maximum Gasteiger partial charge on any atom is 0.185 e. The van der Waals surface area contributed by atoms with Crippen LogP contribution in [-0.4, -0.2) is 15.6 Å². The maximum atomic E-state index is 12.8. The van der Waals surface area contributed by atoms with Crippen LogP contribution in [0.25, 0.3) is 0 Å². The molecule has 0 aliphatic heterocycles. The van der Waals surface area contributed by atoms with E-state index in [1.165, 1.54) is 12.1 Å². The van der Waals surface area contributed by atoms with Crippen molar-refractivity contribution in [2.24, 2.45) is 0 Å². The molecule has 2 aromatic rings. The Labute approximate surface area is 112 Å². The van der Waals surface area contributed by atoms with Gasteiger partial charge in [0.1, 0.15) is 11.5 Å². The van der Waals surface area contributed by atoms with Gasteiger partial charge in [0.15, 0.2) is 5.78 Å². The number of benzene rings is 1. The van der Waals surface area contributed by atoms with E-state index >= 15 is 0 Å². The highest BCUT2D eigenvalue weighted by Gasteiger charge is 2.14. The summed E-state index contributed by atoms with van der Waals surface area (Å²) in [7, 11) is 0. The third kappa shape index (κ3) is 3.08. The summed E-state index contributed by atoms with van der Waals surface area (Å²) in [5.41, 5.74) is 2.36. The first-order chi connectivity index (χ1) is 9.13. The predicted molar refractivity (Wildman–Crippen MR) is 71.7 cm³/mol. The third-order valence-corrected chi connectivity index (χ3v) is 3.06. The van der Waals surface area contributed by atoms with Crippen LogP contribution in [0.15, 0.2) is 30.3 Å². The van der Waals surface area contributed by atoms with Crippen LogP contribution in [0.1, 0.15) is 35.6 Å². The van der Waals surface area contributed by atoms with Gasteiger partial charge in [-0.15, -0.1) is 0 Å². The second kappa shape index (κ2) is 5.78. The lowest BCUT2D eigenvalue weighted by Crippen LogP contribution is -2.11. The molecule has 2 rings (SSSR count). The number of carbonyl (C=O) groups is 1. The molecule has 1 aromatic heterocycles. The Bertz CT molecular complexity index is 572. The number of ketones is 1. The van der Waals surface area contributed by atoms with E-state index in [0.29, 0.717) is 12.2 Å². The summed E-state index contributed by atoms with van der Waals surface area (Å²) < 4.78 is 14.5. The van der Waals surface area contributed by atoms with E-state index in [2.05, 4.69) is 5.10 Å². The van der Waals surface area contributed by atoms with Crippen molar-refractivity contribution in [1.82, 2.24) is 9.78 Å². The van der Waals surface area contributed by atoms with E-state index in [-0.39, 0.29) is 18.0 Å². The van der Waals surface area contributed by atoms with Gasteiger partial charge in [-0.1, -0.05) is 19.1 Å². The minimum Gasteiger partial charge on any atom is -0.292 e. The van der Waals surface area contributed by atoms with E-state index in [1.54, 1.807) is 16.8 Å². The van der Waals surface area contributed by atoms with Crippen LogP contribution in [0, 0.1) is 5.82 Å². The highest BCUT2D eigenvalue weighted by atomic mass is 19.1. The molecule has 100 valence electrons. The fraction of sp³-hybridized carbons (Fsp3) is 0.333. The Morgan fingerprint density at radius 3 is 2.53 bits per heavy atom. The van der Waals surface area contributed by atoms with Gasteiger partial charge in [0.05, 0.1) is 5.69 Å². The summed E-state index contributed by atoms with van der Waals surface area (Å²) in [5.74, 6) is -0.274. The lowest BCUT2D eigenvalue weighted by molar-refractivity contribution is 0.0982. The van der Waals surface area contributed by atoms with E-state index in [4.69, 9.17) is 0 Å². The van der Waals surface area contributed by atoms with Crippen molar-refractivity contribution in [2.45, 2.75) is 33.2 Å². The molecule has 0 unspecified atom stereocenters. The van der Waals surface area contributed by atoms with Crippen LogP contribution in [0.5, 0.6) is 0 Å². The smallest absolute Gasteiger partial charge is 0.185 e. The lowest BCUT2D eigenvalue weighted by atomic mass is 10.1. The van der Waals surface area contributed by atoms with Crippen LogP contribution in [-0.2, 0) is 19.4 Å². The van der Waals surface area contributed by atoms with Crippen molar-refractivity contribution < 1.29 is 9.18 Å². The van der Waals surface area contributed by atoms with Crippen LogP contribution < -0.4 is 0 Å². The fourth-order valence-corrected chi connectivity index (χ4v) is 1.99. The SMILES string of the molecule is CCc1cc(C(=O)Cc2ccc(F)cc2)n(CC)n1. The van der Waals surface area contributed by atoms with Crippen molar-refractivity contribution in [2.75, 3.05) is 0 Å². The van der Waals surface area contributed by atoms with Gasteiger partial charge in [0.2, 0.25) is 0 Å². The summed E-state index contributed by atoms with van der Waals surface area (Å²) in [5, 5.41) is 4.36. The van der Waals surface area contributed by atoms with Crippen LogP contribution in [0.2, 0.25) is 0 Å². The zero-order chi connectivity index (χ0) is 13.8. The standard InChI is InChI=1S/C15H17FN2O/c1-3-13-10-14(18(4-2)17-13)15(19)9-11-5-7-12(16)8-6-11/h5-8,10H,3-4,9H2,1-2H3. The molecule has 0 saturated heterocycles. The molecule has 3 nitrogen and oxygen atoms in total. The van der Waals surface area contributed by atoms with Gasteiger partial charge in [-0.05, 0) is 37.1 Å². The Kier molecular flexibility index (Phi) is 4.10. The first kappa shape index (κ1) is 13.5. The highest BCUT2D eigenvalue weighted by molar-refractivity contribution is 5.96. The number of Topliss-reactive ketones (excluding diaryl/α,β-unsaturated/α-hetero) is 1. The number of halogens is 1. The molecule has 0 bridgehead atoms. The summed E-state index contributed by atoms with van der Waals surface area (Å²) in [4.78, 5) is 12.3. The Morgan fingerprint density at radius 1 is 1.26 bits per heavy atom. The Hall–Kier alpha value is -1.97. The van der Waals surface area contributed by atoms with Gasteiger partial charge >= 0.3 is 0 Å². The summed E-state index contributed by atoms with van der Waals surface area (Å²) in [6.45, 7) is 4.64. The summed E-state index contributed by atoms with van der Waals surface area (Å²) in [6, 6.07) is 7.87. The number of hydrogen-bond donors (Lipinski definition) is 0. The zero-order valence-corrected chi connectivity index (χ0v) is 11.2. The van der Waals surface area contributed by atoms with Crippen molar-refractivity contribution in [3.63, 3.8) is 0 Å². The molecule has 4 heteroatoms.